The van der Waals surface area contributed by atoms with Gasteiger partial charge in [-0.1, -0.05) is 81.1 Å². The molecule has 0 spiro atoms. The molecule has 0 atom stereocenters. The van der Waals surface area contributed by atoms with Crippen molar-refractivity contribution in [3.8, 4) is 0 Å². The molecule has 0 rings (SSSR count). The predicted molar refractivity (Wildman–Crippen MR) is 112 cm³/mol. The van der Waals surface area contributed by atoms with Gasteiger partial charge in [0.1, 0.15) is 0 Å². The molecule has 25 heavy (non-hydrogen) atoms. The van der Waals surface area contributed by atoms with E-state index in [1.54, 1.807) is 0 Å². The Morgan fingerprint density at radius 3 is 1.04 bits per heavy atom. The van der Waals surface area contributed by atoms with Gasteiger partial charge in [0.25, 0.3) is 0 Å². The third-order valence-electron chi connectivity index (χ3n) is 2.68. The minimum Gasteiger partial charge on any atom is -0.663 e. The summed E-state index contributed by atoms with van der Waals surface area (Å²) in [6, 6.07) is 0. The monoisotopic (exact) mass is 399 g/mol. The molecule has 0 aromatic heterocycles. The maximum atomic E-state index is 4.46. The van der Waals surface area contributed by atoms with Gasteiger partial charge in [-0.05, 0) is 0 Å². The van der Waals surface area contributed by atoms with Crippen molar-refractivity contribution in [1.29, 1.82) is 0 Å². The summed E-state index contributed by atoms with van der Waals surface area (Å²) in [6.07, 6.45) is 0. The minimum atomic E-state index is 0. The van der Waals surface area contributed by atoms with Crippen molar-refractivity contribution in [3.63, 3.8) is 0 Å². The van der Waals surface area contributed by atoms with Crippen LogP contribution in [-0.2, 0) is 16.8 Å². The number of nitrogens with zero attached hydrogens (tertiary/aromatic N) is 4. The summed E-state index contributed by atoms with van der Waals surface area (Å²) in [5, 5.41) is 17.7. The molecule has 0 heterocycles. The second kappa shape index (κ2) is 16.5. The van der Waals surface area contributed by atoms with E-state index < -0.39 is 0 Å². The van der Waals surface area contributed by atoms with Crippen LogP contribution in [0.3, 0.4) is 0 Å². The zero-order valence-electron chi connectivity index (χ0n) is 18.5. The van der Waals surface area contributed by atoms with Crippen molar-refractivity contribution in [2.45, 2.75) is 80.3 Å². The second-order valence-corrected chi connectivity index (χ2v) is 9.15. The fraction of sp³-hybridized carbons (Fsp3) is 1.00. The first-order valence-corrected chi connectivity index (χ1v) is 9.47. The quantitative estimate of drug-likeness (QED) is 0.383. The van der Waals surface area contributed by atoms with Crippen molar-refractivity contribution in [3.05, 3.63) is 21.3 Å². The van der Waals surface area contributed by atoms with Gasteiger partial charge in [0.2, 0.25) is 0 Å². The summed E-state index contributed by atoms with van der Waals surface area (Å²) in [6.45, 7) is 26.9. The number of hydrogen-bond donors (Lipinski definition) is 0. The molecule has 0 saturated heterocycles. The van der Waals surface area contributed by atoms with Crippen LogP contribution in [0.2, 0.25) is 0 Å². The molecule has 0 aliphatic rings. The molecule has 0 aromatic carbocycles. The minimum absolute atomic E-state index is 0. The molecule has 0 aliphatic carbocycles. The zero-order chi connectivity index (χ0) is 19.2. The van der Waals surface area contributed by atoms with E-state index in [4.69, 9.17) is 0 Å². The Bertz CT molecular complexity index is 240. The van der Waals surface area contributed by atoms with Crippen LogP contribution >= 0.6 is 0 Å². The van der Waals surface area contributed by atoms with Gasteiger partial charge < -0.3 is 21.3 Å². The molecule has 157 valence electrons. The Hall–Kier alpha value is 0.346. The molecule has 0 amide bonds. The summed E-state index contributed by atoms with van der Waals surface area (Å²) >= 11 is 0. The summed E-state index contributed by atoms with van der Waals surface area (Å²) in [5.74, 6) is 1.36. The average molecular weight is 400 g/mol. The molecule has 5 heteroatoms. The second-order valence-electron chi connectivity index (χ2n) is 9.15. The van der Waals surface area contributed by atoms with Crippen molar-refractivity contribution in [2.75, 3.05) is 39.3 Å². The van der Waals surface area contributed by atoms with E-state index >= 15 is 0 Å². The third kappa shape index (κ3) is 36.1. The van der Waals surface area contributed by atoms with Gasteiger partial charge in [0.15, 0.2) is 0 Å². The van der Waals surface area contributed by atoms with Crippen molar-refractivity contribution in [2.24, 2.45) is 11.8 Å². The Labute approximate surface area is 169 Å². The standard InChI is InChI=1S/2C10H22N2.Co/c2*1-9(2)8-11-6-7-12-10(3,4)5;/h2*9H,6-8H2,1-5H3;/q2*-2;. The molecule has 0 unspecified atom stereocenters. The van der Waals surface area contributed by atoms with Crippen LogP contribution in [0.4, 0.5) is 0 Å². The van der Waals surface area contributed by atoms with E-state index in [9.17, 15) is 0 Å². The van der Waals surface area contributed by atoms with Gasteiger partial charge in [0.05, 0.1) is 0 Å². The zero-order valence-corrected chi connectivity index (χ0v) is 19.6. The molecule has 0 aliphatic heterocycles. The Morgan fingerprint density at radius 2 is 0.840 bits per heavy atom. The van der Waals surface area contributed by atoms with Crippen LogP contribution in [0, 0.1) is 11.8 Å². The van der Waals surface area contributed by atoms with Gasteiger partial charge in [-0.3, -0.25) is 0 Å². The molecule has 4 nitrogen and oxygen atoms in total. The predicted octanol–water partition coefficient (Wildman–Crippen LogP) is 6.37. The van der Waals surface area contributed by atoms with Crippen molar-refractivity contribution < 1.29 is 16.8 Å². The smallest absolute Gasteiger partial charge is 0 e. The first-order chi connectivity index (χ1) is 10.8. The van der Waals surface area contributed by atoms with Crippen molar-refractivity contribution in [1.82, 2.24) is 0 Å². The molecule has 1 radical (unpaired) electrons. The largest absolute Gasteiger partial charge is 0.663 e. The average Bonchev–Trinajstić information content (AvgIpc) is 2.35. The number of hydrogen-bond acceptors (Lipinski definition) is 0. The van der Waals surface area contributed by atoms with Crippen LogP contribution in [0.25, 0.3) is 21.3 Å². The van der Waals surface area contributed by atoms with E-state index in [-0.39, 0.29) is 27.9 Å². The van der Waals surface area contributed by atoms with E-state index in [1.807, 2.05) is 0 Å². The topological polar surface area (TPSA) is 56.4 Å². The SMILES string of the molecule is CC(C)C[N-]CC[N-]C(C)(C)C.CC(C)C[N-]CC[N-]C(C)(C)C.[Co]. The number of rotatable bonds is 10. The van der Waals surface area contributed by atoms with Crippen LogP contribution in [-0.4, -0.2) is 50.3 Å². The molecule has 0 aromatic rings. The summed E-state index contributed by atoms with van der Waals surface area (Å²) in [7, 11) is 0. The van der Waals surface area contributed by atoms with Gasteiger partial charge in [0, 0.05) is 16.8 Å². The van der Waals surface area contributed by atoms with Gasteiger partial charge in [-0.15, -0.1) is 24.2 Å². The fourth-order valence-electron chi connectivity index (χ4n) is 1.61. The van der Waals surface area contributed by atoms with Crippen LogP contribution in [0.15, 0.2) is 0 Å². The molecular formula is C20H44CoN4-4. The maximum Gasteiger partial charge on any atom is 0 e. The summed E-state index contributed by atoms with van der Waals surface area (Å²) < 4.78 is 0. The van der Waals surface area contributed by atoms with E-state index in [1.165, 1.54) is 0 Å². The van der Waals surface area contributed by atoms with Crippen molar-refractivity contribution >= 4 is 0 Å². The van der Waals surface area contributed by atoms with E-state index in [0.29, 0.717) is 11.8 Å². The summed E-state index contributed by atoms with van der Waals surface area (Å²) in [4.78, 5) is 0. The van der Waals surface area contributed by atoms with Gasteiger partial charge >= 0.3 is 0 Å². The van der Waals surface area contributed by atoms with E-state index in [2.05, 4.69) is 90.5 Å². The van der Waals surface area contributed by atoms with Gasteiger partial charge in [-0.2, -0.15) is 26.2 Å². The normalized spacial score (nSPS) is 12.0. The Balaban J connectivity index is -0.000000372. The fourth-order valence-corrected chi connectivity index (χ4v) is 1.61. The molecule has 0 bridgehead atoms. The maximum absolute atomic E-state index is 4.46. The van der Waals surface area contributed by atoms with E-state index in [0.717, 1.165) is 39.3 Å². The molecule has 0 saturated carbocycles. The Morgan fingerprint density at radius 1 is 0.560 bits per heavy atom. The van der Waals surface area contributed by atoms with Gasteiger partial charge in [-0.25, -0.2) is 0 Å². The summed E-state index contributed by atoms with van der Waals surface area (Å²) in [5.41, 5.74) is 0.209. The van der Waals surface area contributed by atoms with Crippen LogP contribution in [0.5, 0.6) is 0 Å². The Kier molecular flexibility index (Phi) is 19.9. The first kappa shape index (κ1) is 30.1. The first-order valence-electron chi connectivity index (χ1n) is 9.47. The molecule has 0 N–H and O–H groups in total. The molecular weight excluding hydrogens is 355 g/mol. The van der Waals surface area contributed by atoms with Crippen LogP contribution < -0.4 is 0 Å². The molecule has 0 fully saturated rings. The van der Waals surface area contributed by atoms with Crippen LogP contribution in [0.1, 0.15) is 69.2 Å². The third-order valence-corrected chi connectivity index (χ3v) is 2.68.